The first kappa shape index (κ1) is 19.8. The molecule has 0 fully saturated rings. The van der Waals surface area contributed by atoms with Gasteiger partial charge in [0.05, 0.1) is 12.1 Å². The summed E-state index contributed by atoms with van der Waals surface area (Å²) in [7, 11) is 0. The maximum Gasteiger partial charge on any atom is 0.338 e. The van der Waals surface area contributed by atoms with Gasteiger partial charge >= 0.3 is 5.97 Å². The van der Waals surface area contributed by atoms with Crippen molar-refractivity contribution in [2.45, 2.75) is 18.7 Å². The molecule has 5 nitrogen and oxygen atoms in total. The minimum Gasteiger partial charge on any atom is -0.491 e. The maximum absolute atomic E-state index is 11.9. The summed E-state index contributed by atoms with van der Waals surface area (Å²) in [5.41, 5.74) is 2.65. The molecule has 0 spiro atoms. The molecule has 0 aromatic heterocycles. The Morgan fingerprint density at radius 3 is 2.46 bits per heavy atom. The van der Waals surface area contributed by atoms with E-state index in [2.05, 4.69) is 5.32 Å². The fourth-order valence-corrected chi connectivity index (χ4v) is 2.71. The van der Waals surface area contributed by atoms with Crippen LogP contribution in [0.15, 0.2) is 47.4 Å². The number of carbonyl (C=O) groups excluding carboxylic acids is 2. The Labute approximate surface area is 158 Å². The van der Waals surface area contributed by atoms with Gasteiger partial charge < -0.3 is 14.8 Å². The van der Waals surface area contributed by atoms with E-state index in [4.69, 9.17) is 9.47 Å². The number of amides is 1. The number of rotatable bonds is 8. The first-order chi connectivity index (χ1) is 12.5. The number of hydrogen-bond acceptors (Lipinski definition) is 5. The van der Waals surface area contributed by atoms with Crippen LogP contribution < -0.4 is 10.1 Å². The van der Waals surface area contributed by atoms with Crippen molar-refractivity contribution in [2.24, 2.45) is 0 Å². The van der Waals surface area contributed by atoms with Crippen LogP contribution >= 0.6 is 11.8 Å². The van der Waals surface area contributed by atoms with Crippen molar-refractivity contribution in [1.29, 1.82) is 0 Å². The Morgan fingerprint density at radius 1 is 1.08 bits per heavy atom. The molecule has 0 heterocycles. The van der Waals surface area contributed by atoms with Gasteiger partial charge in [-0.2, -0.15) is 0 Å². The van der Waals surface area contributed by atoms with Crippen LogP contribution in [0.4, 0.5) is 0 Å². The normalized spacial score (nSPS) is 10.3. The lowest BCUT2D eigenvalue weighted by atomic mass is 10.1. The number of carbonyl (C=O) groups is 2. The summed E-state index contributed by atoms with van der Waals surface area (Å²) in [5, 5.41) is 2.66. The third-order valence-corrected chi connectivity index (χ3v) is 4.42. The quantitative estimate of drug-likeness (QED) is 0.437. The van der Waals surface area contributed by atoms with Crippen LogP contribution in [0.3, 0.4) is 0 Å². The van der Waals surface area contributed by atoms with Gasteiger partial charge in [0.1, 0.15) is 12.4 Å². The molecule has 1 N–H and O–H groups in total. The van der Waals surface area contributed by atoms with Crippen molar-refractivity contribution < 1.29 is 19.1 Å². The van der Waals surface area contributed by atoms with Gasteiger partial charge in [0.25, 0.3) is 5.91 Å². The second-order valence-electron chi connectivity index (χ2n) is 5.77. The zero-order valence-electron chi connectivity index (χ0n) is 15.2. The summed E-state index contributed by atoms with van der Waals surface area (Å²) in [4.78, 5) is 24.7. The number of thioether (sulfide) groups is 1. The van der Waals surface area contributed by atoms with E-state index >= 15 is 0 Å². The molecule has 6 heteroatoms. The molecule has 0 aliphatic heterocycles. The van der Waals surface area contributed by atoms with E-state index in [0.717, 1.165) is 16.2 Å². The van der Waals surface area contributed by atoms with Crippen molar-refractivity contribution in [2.75, 3.05) is 26.0 Å². The van der Waals surface area contributed by atoms with E-state index in [0.29, 0.717) is 18.7 Å². The lowest BCUT2D eigenvalue weighted by Gasteiger charge is -2.10. The van der Waals surface area contributed by atoms with Crippen molar-refractivity contribution in [1.82, 2.24) is 5.32 Å². The van der Waals surface area contributed by atoms with Gasteiger partial charge in [-0.05, 0) is 56.0 Å². The SMILES string of the molecule is CSc1ccc(C(=O)OCC(=O)NCCOc2ccc(C)cc2C)cc1. The molecule has 0 aliphatic rings. The van der Waals surface area contributed by atoms with Crippen LogP contribution in [0.5, 0.6) is 5.75 Å². The van der Waals surface area contributed by atoms with Gasteiger partial charge in [-0.3, -0.25) is 4.79 Å². The Kier molecular flexibility index (Phi) is 7.53. The van der Waals surface area contributed by atoms with Gasteiger partial charge in [-0.25, -0.2) is 4.79 Å². The van der Waals surface area contributed by atoms with Gasteiger partial charge in [0.15, 0.2) is 6.61 Å². The minimum absolute atomic E-state index is 0.313. The zero-order valence-corrected chi connectivity index (χ0v) is 16.0. The molecule has 138 valence electrons. The van der Waals surface area contributed by atoms with Crippen LogP contribution in [0.25, 0.3) is 0 Å². The summed E-state index contributed by atoms with van der Waals surface area (Å²) in [6, 6.07) is 13.0. The van der Waals surface area contributed by atoms with Crippen molar-refractivity contribution in [3.8, 4) is 5.75 Å². The summed E-state index contributed by atoms with van der Waals surface area (Å²) in [6.07, 6.45) is 1.96. The van der Waals surface area contributed by atoms with Crippen molar-refractivity contribution >= 4 is 23.6 Å². The van der Waals surface area contributed by atoms with Gasteiger partial charge in [-0.1, -0.05) is 17.7 Å². The number of ether oxygens (including phenoxy) is 2. The number of nitrogens with one attached hydrogen (secondary N) is 1. The summed E-state index contributed by atoms with van der Waals surface area (Å²) in [5.74, 6) is -0.0763. The first-order valence-electron chi connectivity index (χ1n) is 8.27. The molecule has 0 atom stereocenters. The van der Waals surface area contributed by atoms with E-state index in [1.54, 1.807) is 23.9 Å². The summed E-state index contributed by atoms with van der Waals surface area (Å²) >= 11 is 1.59. The third kappa shape index (κ3) is 6.11. The highest BCUT2D eigenvalue weighted by Gasteiger charge is 2.10. The fraction of sp³-hybridized carbons (Fsp3) is 0.300. The summed E-state index contributed by atoms with van der Waals surface area (Å²) in [6.45, 7) is 4.38. The second-order valence-corrected chi connectivity index (χ2v) is 6.65. The Hall–Kier alpha value is -2.47. The molecule has 0 bridgehead atoms. The topological polar surface area (TPSA) is 64.6 Å². The molecule has 2 aromatic carbocycles. The van der Waals surface area contributed by atoms with Crippen molar-refractivity contribution in [3.05, 3.63) is 59.2 Å². The largest absolute Gasteiger partial charge is 0.491 e. The van der Waals surface area contributed by atoms with E-state index in [1.807, 2.05) is 50.4 Å². The number of hydrogen-bond donors (Lipinski definition) is 1. The smallest absolute Gasteiger partial charge is 0.338 e. The number of benzene rings is 2. The monoisotopic (exact) mass is 373 g/mol. The minimum atomic E-state index is -0.515. The zero-order chi connectivity index (χ0) is 18.9. The average Bonchev–Trinajstić information content (AvgIpc) is 2.64. The highest BCUT2D eigenvalue weighted by molar-refractivity contribution is 7.98. The van der Waals surface area contributed by atoms with E-state index in [1.165, 1.54) is 5.56 Å². The number of aryl methyl sites for hydroxylation is 2. The van der Waals surface area contributed by atoms with Crippen LogP contribution in [0.2, 0.25) is 0 Å². The van der Waals surface area contributed by atoms with Crippen molar-refractivity contribution in [3.63, 3.8) is 0 Å². The number of esters is 1. The molecular weight excluding hydrogens is 350 g/mol. The molecule has 0 saturated heterocycles. The van der Waals surface area contributed by atoms with Gasteiger partial charge in [0, 0.05) is 4.90 Å². The molecule has 1 amide bonds. The maximum atomic E-state index is 11.9. The van der Waals surface area contributed by atoms with Crippen LogP contribution in [-0.2, 0) is 9.53 Å². The Morgan fingerprint density at radius 2 is 1.81 bits per heavy atom. The predicted octanol–water partition coefficient (Wildman–Crippen LogP) is 3.38. The van der Waals surface area contributed by atoms with E-state index < -0.39 is 5.97 Å². The molecule has 26 heavy (non-hydrogen) atoms. The third-order valence-electron chi connectivity index (χ3n) is 3.67. The van der Waals surface area contributed by atoms with Gasteiger partial charge in [0.2, 0.25) is 0 Å². The molecule has 0 saturated carbocycles. The Balaban J connectivity index is 1.67. The van der Waals surface area contributed by atoms with Crippen LogP contribution in [0, 0.1) is 13.8 Å². The van der Waals surface area contributed by atoms with Crippen LogP contribution in [0.1, 0.15) is 21.5 Å². The average molecular weight is 373 g/mol. The molecule has 0 aliphatic carbocycles. The lowest BCUT2D eigenvalue weighted by Crippen LogP contribution is -2.32. The molecule has 2 aromatic rings. The predicted molar refractivity (Wildman–Crippen MR) is 103 cm³/mol. The molecule has 0 unspecified atom stereocenters. The summed E-state index contributed by atoms with van der Waals surface area (Å²) < 4.78 is 10.6. The van der Waals surface area contributed by atoms with E-state index in [-0.39, 0.29) is 12.5 Å². The standard InChI is InChI=1S/C20H23NO4S/c1-14-4-9-18(15(2)12-14)24-11-10-21-19(22)13-25-20(23)16-5-7-17(26-3)8-6-16/h4-9,12H,10-11,13H2,1-3H3,(H,21,22). The first-order valence-corrected chi connectivity index (χ1v) is 9.50. The van der Waals surface area contributed by atoms with E-state index in [9.17, 15) is 9.59 Å². The lowest BCUT2D eigenvalue weighted by molar-refractivity contribution is -0.124. The highest BCUT2D eigenvalue weighted by atomic mass is 32.2. The molecular formula is C20H23NO4S. The molecule has 0 radical (unpaired) electrons. The Bertz CT molecular complexity index is 759. The van der Waals surface area contributed by atoms with Gasteiger partial charge in [-0.15, -0.1) is 11.8 Å². The molecule has 2 rings (SSSR count). The fourth-order valence-electron chi connectivity index (χ4n) is 2.31. The van der Waals surface area contributed by atoms with Crippen LogP contribution in [-0.4, -0.2) is 37.9 Å². The second kappa shape index (κ2) is 9.87. The highest BCUT2D eigenvalue weighted by Crippen LogP contribution is 2.18.